The van der Waals surface area contributed by atoms with Gasteiger partial charge >= 0.3 is 5.97 Å². The number of rotatable bonds is 5. The van der Waals surface area contributed by atoms with Gasteiger partial charge in [0.1, 0.15) is 0 Å². The average molecular weight is 306 g/mol. The van der Waals surface area contributed by atoms with Crippen molar-refractivity contribution < 1.29 is 17.9 Å². The molecule has 0 bridgehead atoms. The lowest BCUT2D eigenvalue weighted by atomic mass is 10.3. The third-order valence-corrected chi connectivity index (χ3v) is 5.22. The molecule has 0 fully saturated rings. The fraction of sp³-hybridized carbons (Fsp3) is 0.636. The monoisotopic (exact) mass is 306 g/mol. The van der Waals surface area contributed by atoms with E-state index < -0.39 is 14.8 Å². The molecule has 0 saturated heterocycles. The van der Waals surface area contributed by atoms with E-state index >= 15 is 0 Å². The highest BCUT2D eigenvalue weighted by Gasteiger charge is 2.29. The van der Waals surface area contributed by atoms with E-state index in [4.69, 9.17) is 4.74 Å². The van der Waals surface area contributed by atoms with E-state index in [0.29, 0.717) is 12.3 Å². The van der Waals surface area contributed by atoms with Gasteiger partial charge in [0.25, 0.3) is 0 Å². The summed E-state index contributed by atoms with van der Waals surface area (Å²) in [4.78, 5) is 15.3. The van der Waals surface area contributed by atoms with Crippen molar-refractivity contribution in [3.63, 3.8) is 0 Å². The molecule has 0 aliphatic carbocycles. The van der Waals surface area contributed by atoms with Crippen molar-refractivity contribution in [1.82, 2.24) is 4.98 Å². The molecular formula is C11H18N2O4S2. The van der Waals surface area contributed by atoms with Crippen LogP contribution in [0.5, 0.6) is 0 Å². The molecule has 8 heteroatoms. The number of esters is 1. The molecule has 0 aliphatic heterocycles. The molecule has 1 N–H and O–H groups in total. The molecule has 6 nitrogen and oxygen atoms in total. The Morgan fingerprint density at radius 1 is 1.47 bits per heavy atom. The Balaban J connectivity index is 2.74. The average Bonchev–Trinajstić information content (AvgIpc) is 2.63. The highest BCUT2D eigenvalue weighted by atomic mass is 32.2. The number of aromatic nitrogens is 1. The van der Waals surface area contributed by atoms with E-state index in [-0.39, 0.29) is 17.5 Å². The van der Waals surface area contributed by atoms with Gasteiger partial charge in [0.2, 0.25) is 10.0 Å². The Morgan fingerprint density at radius 2 is 2.11 bits per heavy atom. The summed E-state index contributed by atoms with van der Waals surface area (Å²) in [5.41, 5.74) is 0.495. The lowest BCUT2D eigenvalue weighted by Crippen LogP contribution is -2.33. The van der Waals surface area contributed by atoms with Gasteiger partial charge in [0.05, 0.1) is 23.5 Å². The van der Waals surface area contributed by atoms with E-state index in [1.54, 1.807) is 33.1 Å². The molecule has 0 aromatic carbocycles. The van der Waals surface area contributed by atoms with Crippen LogP contribution in [-0.2, 0) is 26.0 Å². The number of carbonyl (C=O) groups excluding carboxylic acids is 1. The van der Waals surface area contributed by atoms with Crippen LogP contribution in [0.25, 0.3) is 0 Å². The van der Waals surface area contributed by atoms with Crippen molar-refractivity contribution in [2.45, 2.75) is 38.9 Å². The van der Waals surface area contributed by atoms with Gasteiger partial charge in [0.15, 0.2) is 5.13 Å². The van der Waals surface area contributed by atoms with Crippen molar-refractivity contribution in [2.75, 3.05) is 11.3 Å². The van der Waals surface area contributed by atoms with Crippen molar-refractivity contribution in [3.05, 3.63) is 11.1 Å². The van der Waals surface area contributed by atoms with Crippen molar-refractivity contribution in [2.24, 2.45) is 0 Å². The van der Waals surface area contributed by atoms with Gasteiger partial charge in [-0.2, -0.15) is 0 Å². The molecule has 0 aliphatic rings. The standard InChI is InChI=1S/C11H18N2O4S2/c1-5-17-9(14)6-8-7-18-10(12-8)13-19(15,16)11(2,3)4/h7H,5-6H2,1-4H3,(H,12,13). The number of nitrogens with one attached hydrogen (secondary N) is 1. The van der Waals surface area contributed by atoms with Gasteiger partial charge in [-0.25, -0.2) is 13.4 Å². The third-order valence-electron chi connectivity index (χ3n) is 2.21. The highest BCUT2D eigenvalue weighted by molar-refractivity contribution is 7.94. The van der Waals surface area contributed by atoms with Gasteiger partial charge < -0.3 is 4.74 Å². The fourth-order valence-corrected chi connectivity index (χ4v) is 2.72. The van der Waals surface area contributed by atoms with E-state index in [1.165, 1.54) is 0 Å². The maximum atomic E-state index is 11.9. The summed E-state index contributed by atoms with van der Waals surface area (Å²) in [6.45, 7) is 6.84. The second-order valence-electron chi connectivity index (χ2n) is 4.84. The number of hydrogen-bond acceptors (Lipinski definition) is 6. The number of carbonyl (C=O) groups is 1. The maximum absolute atomic E-state index is 11.9. The van der Waals surface area contributed by atoms with Crippen LogP contribution in [0.3, 0.4) is 0 Å². The van der Waals surface area contributed by atoms with Crippen molar-refractivity contribution >= 4 is 32.5 Å². The molecule has 0 atom stereocenters. The lowest BCUT2D eigenvalue weighted by molar-refractivity contribution is -0.142. The Morgan fingerprint density at radius 3 is 2.63 bits per heavy atom. The van der Waals surface area contributed by atoms with E-state index in [1.807, 2.05) is 0 Å². The molecule has 1 aromatic heterocycles. The molecule has 0 unspecified atom stereocenters. The zero-order valence-electron chi connectivity index (χ0n) is 11.4. The first-order chi connectivity index (χ1) is 8.65. The van der Waals surface area contributed by atoms with Crippen LogP contribution in [-0.4, -0.2) is 30.7 Å². The second-order valence-corrected chi connectivity index (χ2v) is 8.14. The van der Waals surface area contributed by atoms with Crippen LogP contribution >= 0.6 is 11.3 Å². The zero-order chi connectivity index (χ0) is 14.7. The van der Waals surface area contributed by atoms with E-state index in [2.05, 4.69) is 9.71 Å². The number of hydrogen-bond donors (Lipinski definition) is 1. The first kappa shape index (κ1) is 15.9. The van der Waals surface area contributed by atoms with Gasteiger partial charge in [0, 0.05) is 5.38 Å². The fourth-order valence-electron chi connectivity index (χ4n) is 1.06. The van der Waals surface area contributed by atoms with Crippen LogP contribution in [0.15, 0.2) is 5.38 Å². The minimum absolute atomic E-state index is 0.0432. The second kappa shape index (κ2) is 5.87. The van der Waals surface area contributed by atoms with Crippen LogP contribution in [0, 0.1) is 0 Å². The van der Waals surface area contributed by atoms with Gasteiger partial charge in [-0.3, -0.25) is 9.52 Å². The normalized spacial score (nSPS) is 12.2. The summed E-state index contributed by atoms with van der Waals surface area (Å²) in [6, 6.07) is 0. The summed E-state index contributed by atoms with van der Waals surface area (Å²) in [5, 5.41) is 1.89. The molecule has 108 valence electrons. The third kappa shape index (κ3) is 4.46. The van der Waals surface area contributed by atoms with Gasteiger partial charge in [-0.15, -0.1) is 11.3 Å². The SMILES string of the molecule is CCOC(=O)Cc1csc(NS(=O)(=O)C(C)(C)C)n1. The molecular weight excluding hydrogens is 288 g/mol. The maximum Gasteiger partial charge on any atom is 0.311 e. The number of ether oxygens (including phenoxy) is 1. The van der Waals surface area contributed by atoms with Crippen LogP contribution in [0.4, 0.5) is 5.13 Å². The first-order valence-corrected chi connectivity index (χ1v) is 8.14. The van der Waals surface area contributed by atoms with Crippen LogP contribution in [0.2, 0.25) is 0 Å². The largest absolute Gasteiger partial charge is 0.466 e. The number of thiazole rings is 1. The Kier molecular flexibility index (Phi) is 4.92. The topological polar surface area (TPSA) is 85.4 Å². The Hall–Kier alpha value is -1.15. The lowest BCUT2D eigenvalue weighted by Gasteiger charge is -2.18. The molecule has 0 amide bonds. The molecule has 0 spiro atoms. The van der Waals surface area contributed by atoms with E-state index in [0.717, 1.165) is 11.3 Å². The first-order valence-electron chi connectivity index (χ1n) is 5.78. The van der Waals surface area contributed by atoms with Crippen LogP contribution in [0.1, 0.15) is 33.4 Å². The molecule has 1 rings (SSSR count). The molecule has 0 saturated carbocycles. The predicted molar refractivity (Wildman–Crippen MR) is 74.7 cm³/mol. The highest BCUT2D eigenvalue weighted by Crippen LogP contribution is 2.22. The Bertz CT molecular complexity index is 543. The molecule has 1 heterocycles. The van der Waals surface area contributed by atoms with Gasteiger partial charge in [-0.1, -0.05) is 0 Å². The molecule has 1 aromatic rings. The molecule has 0 radical (unpaired) electrons. The Labute approximate surface area is 117 Å². The van der Waals surface area contributed by atoms with Crippen molar-refractivity contribution in [3.8, 4) is 0 Å². The predicted octanol–water partition coefficient (Wildman–Crippen LogP) is 1.79. The zero-order valence-corrected chi connectivity index (χ0v) is 13.0. The van der Waals surface area contributed by atoms with Gasteiger partial charge in [-0.05, 0) is 27.7 Å². The van der Waals surface area contributed by atoms with E-state index in [9.17, 15) is 13.2 Å². The number of nitrogens with zero attached hydrogens (tertiary/aromatic N) is 1. The quantitative estimate of drug-likeness (QED) is 0.838. The summed E-state index contributed by atoms with van der Waals surface area (Å²) < 4.78 is 30.1. The number of sulfonamides is 1. The summed E-state index contributed by atoms with van der Waals surface area (Å²) in [7, 11) is -3.49. The number of anilines is 1. The summed E-state index contributed by atoms with van der Waals surface area (Å²) in [6.07, 6.45) is 0.0432. The van der Waals surface area contributed by atoms with Crippen molar-refractivity contribution in [1.29, 1.82) is 0 Å². The summed E-state index contributed by atoms with van der Waals surface area (Å²) in [5.74, 6) is -0.377. The summed E-state index contributed by atoms with van der Waals surface area (Å²) >= 11 is 1.14. The molecule has 19 heavy (non-hydrogen) atoms. The minimum Gasteiger partial charge on any atom is -0.466 e. The minimum atomic E-state index is -3.49. The smallest absolute Gasteiger partial charge is 0.311 e. The van der Waals surface area contributed by atoms with Crippen LogP contribution < -0.4 is 4.72 Å².